The maximum absolute atomic E-state index is 13.6. The molecule has 1 saturated carbocycles. The van der Waals surface area contributed by atoms with E-state index >= 15 is 0 Å². The van der Waals surface area contributed by atoms with Gasteiger partial charge in [0.15, 0.2) is 0 Å². The Kier molecular flexibility index (Phi) is 3.43. The summed E-state index contributed by atoms with van der Waals surface area (Å²) in [5.74, 6) is -1.07. The summed E-state index contributed by atoms with van der Waals surface area (Å²) in [6, 6.07) is 3.54. The molecule has 0 amide bonds. The number of aliphatic hydroxyl groups is 1. The lowest BCUT2D eigenvalue weighted by molar-refractivity contribution is -0.0756. The summed E-state index contributed by atoms with van der Waals surface area (Å²) in [5.41, 5.74) is -0.189. The van der Waals surface area contributed by atoms with Gasteiger partial charge in [-0.2, -0.15) is 0 Å². The zero-order valence-corrected chi connectivity index (χ0v) is 10.9. The van der Waals surface area contributed by atoms with Crippen LogP contribution in [0.25, 0.3) is 0 Å². The van der Waals surface area contributed by atoms with E-state index in [2.05, 4.69) is 5.32 Å². The number of halogens is 2. The molecule has 1 aromatic carbocycles. The highest BCUT2D eigenvalue weighted by Gasteiger charge is 2.47. The molecule has 1 fully saturated rings. The Bertz CT molecular complexity index is 427. The first kappa shape index (κ1) is 13.4. The molecule has 0 aliphatic heterocycles. The Labute approximate surface area is 106 Å². The molecule has 0 saturated heterocycles. The van der Waals surface area contributed by atoms with Crippen LogP contribution in [0.3, 0.4) is 0 Å². The molecule has 2 nitrogen and oxygen atoms in total. The van der Waals surface area contributed by atoms with Crippen LogP contribution in [0.4, 0.5) is 8.78 Å². The van der Waals surface area contributed by atoms with Crippen LogP contribution in [0.2, 0.25) is 0 Å². The average Bonchev–Trinajstić information content (AvgIpc) is 2.28. The third kappa shape index (κ3) is 2.15. The summed E-state index contributed by atoms with van der Waals surface area (Å²) < 4.78 is 27.2. The van der Waals surface area contributed by atoms with E-state index in [-0.39, 0.29) is 23.1 Å². The van der Waals surface area contributed by atoms with Crippen molar-refractivity contribution in [1.82, 2.24) is 5.32 Å². The Balaban J connectivity index is 2.12. The minimum atomic E-state index is -0.535. The van der Waals surface area contributed by atoms with Crippen molar-refractivity contribution in [3.63, 3.8) is 0 Å². The van der Waals surface area contributed by atoms with Gasteiger partial charge >= 0.3 is 0 Å². The summed E-state index contributed by atoms with van der Waals surface area (Å²) in [7, 11) is 0. The van der Waals surface area contributed by atoms with Gasteiger partial charge in [-0.3, -0.25) is 0 Å². The third-order valence-electron chi connectivity index (χ3n) is 4.10. The second-order valence-corrected chi connectivity index (χ2v) is 5.65. The highest BCUT2D eigenvalue weighted by molar-refractivity contribution is 5.23. The molecule has 2 N–H and O–H groups in total. The second-order valence-electron chi connectivity index (χ2n) is 5.65. The topological polar surface area (TPSA) is 32.3 Å². The maximum atomic E-state index is 13.6. The standard InChI is InChI=1S/C14H19F2NO/c1-8(13-9(15)5-4-6-10(13)16)17-11-7-12(18)14(11,2)3/h4-6,8,11-12,17-18H,7H2,1-3H3. The van der Waals surface area contributed by atoms with Crippen molar-refractivity contribution in [3.8, 4) is 0 Å². The largest absolute Gasteiger partial charge is 0.392 e. The predicted molar refractivity (Wildman–Crippen MR) is 66.1 cm³/mol. The van der Waals surface area contributed by atoms with Gasteiger partial charge in [0.2, 0.25) is 0 Å². The number of benzene rings is 1. The first-order valence-corrected chi connectivity index (χ1v) is 6.22. The fourth-order valence-corrected chi connectivity index (χ4v) is 2.49. The van der Waals surface area contributed by atoms with Crippen LogP contribution in [-0.2, 0) is 0 Å². The van der Waals surface area contributed by atoms with Gasteiger partial charge in [-0.25, -0.2) is 8.78 Å². The lowest BCUT2D eigenvalue weighted by Gasteiger charge is -2.50. The van der Waals surface area contributed by atoms with E-state index in [4.69, 9.17) is 0 Å². The van der Waals surface area contributed by atoms with Crippen LogP contribution >= 0.6 is 0 Å². The molecule has 18 heavy (non-hydrogen) atoms. The van der Waals surface area contributed by atoms with E-state index in [0.29, 0.717) is 6.42 Å². The number of hydrogen-bond donors (Lipinski definition) is 2. The summed E-state index contributed by atoms with van der Waals surface area (Å²) in [6.07, 6.45) is 0.264. The Morgan fingerprint density at radius 2 is 1.89 bits per heavy atom. The zero-order valence-electron chi connectivity index (χ0n) is 10.9. The van der Waals surface area contributed by atoms with Crippen LogP contribution in [0.5, 0.6) is 0 Å². The minimum Gasteiger partial charge on any atom is -0.392 e. The summed E-state index contributed by atoms with van der Waals surface area (Å²) in [4.78, 5) is 0. The van der Waals surface area contributed by atoms with Gasteiger partial charge in [-0.15, -0.1) is 0 Å². The first-order valence-electron chi connectivity index (χ1n) is 6.22. The highest BCUT2D eigenvalue weighted by atomic mass is 19.1. The van der Waals surface area contributed by atoms with E-state index in [1.165, 1.54) is 18.2 Å². The monoisotopic (exact) mass is 255 g/mol. The lowest BCUT2D eigenvalue weighted by Crippen LogP contribution is -2.60. The minimum absolute atomic E-state index is 0.0645. The van der Waals surface area contributed by atoms with E-state index in [9.17, 15) is 13.9 Å². The smallest absolute Gasteiger partial charge is 0.130 e. The molecule has 0 radical (unpaired) electrons. The fraction of sp³-hybridized carbons (Fsp3) is 0.571. The van der Waals surface area contributed by atoms with Crippen molar-refractivity contribution in [2.45, 2.75) is 45.4 Å². The molecular weight excluding hydrogens is 236 g/mol. The van der Waals surface area contributed by atoms with Gasteiger partial charge in [0.1, 0.15) is 11.6 Å². The van der Waals surface area contributed by atoms with Gasteiger partial charge in [-0.05, 0) is 25.5 Å². The number of rotatable bonds is 3. The molecule has 1 aromatic rings. The molecule has 3 atom stereocenters. The number of aliphatic hydroxyl groups excluding tert-OH is 1. The summed E-state index contributed by atoms with van der Waals surface area (Å²) >= 11 is 0. The van der Waals surface area contributed by atoms with Gasteiger partial charge in [0.25, 0.3) is 0 Å². The van der Waals surface area contributed by atoms with Gasteiger partial charge in [0.05, 0.1) is 6.10 Å². The molecular formula is C14H19F2NO. The quantitative estimate of drug-likeness (QED) is 0.870. The van der Waals surface area contributed by atoms with Gasteiger partial charge in [-0.1, -0.05) is 19.9 Å². The summed E-state index contributed by atoms with van der Waals surface area (Å²) in [6.45, 7) is 5.63. The van der Waals surface area contributed by atoms with Crippen molar-refractivity contribution in [3.05, 3.63) is 35.4 Å². The number of nitrogens with one attached hydrogen (secondary N) is 1. The molecule has 1 aliphatic carbocycles. The first-order chi connectivity index (χ1) is 8.34. The molecule has 0 bridgehead atoms. The van der Waals surface area contributed by atoms with Gasteiger partial charge in [0, 0.05) is 23.1 Å². The normalized spacial score (nSPS) is 27.7. The van der Waals surface area contributed by atoms with E-state index in [1.807, 2.05) is 13.8 Å². The molecule has 0 heterocycles. The van der Waals surface area contributed by atoms with Crippen LogP contribution in [0.1, 0.15) is 38.8 Å². The summed E-state index contributed by atoms with van der Waals surface area (Å²) in [5, 5.41) is 12.8. The third-order valence-corrected chi connectivity index (χ3v) is 4.10. The van der Waals surface area contributed by atoms with E-state index in [0.717, 1.165) is 0 Å². The molecule has 1 aliphatic rings. The molecule has 100 valence electrons. The molecule has 2 rings (SSSR count). The van der Waals surface area contributed by atoms with Gasteiger partial charge < -0.3 is 10.4 Å². The Morgan fingerprint density at radius 3 is 2.33 bits per heavy atom. The van der Waals surface area contributed by atoms with Crippen molar-refractivity contribution in [2.75, 3.05) is 0 Å². The maximum Gasteiger partial charge on any atom is 0.130 e. The van der Waals surface area contributed by atoms with Crippen LogP contribution < -0.4 is 5.32 Å². The molecule has 0 aromatic heterocycles. The molecule has 3 unspecified atom stereocenters. The number of hydrogen-bond acceptors (Lipinski definition) is 2. The fourth-order valence-electron chi connectivity index (χ4n) is 2.49. The van der Waals surface area contributed by atoms with Crippen molar-refractivity contribution in [1.29, 1.82) is 0 Å². The van der Waals surface area contributed by atoms with Crippen molar-refractivity contribution < 1.29 is 13.9 Å². The van der Waals surface area contributed by atoms with E-state index < -0.39 is 17.7 Å². The zero-order chi connectivity index (χ0) is 13.5. The van der Waals surface area contributed by atoms with E-state index in [1.54, 1.807) is 6.92 Å². The highest BCUT2D eigenvalue weighted by Crippen LogP contribution is 2.41. The van der Waals surface area contributed by atoms with Crippen LogP contribution in [-0.4, -0.2) is 17.3 Å². The van der Waals surface area contributed by atoms with Crippen LogP contribution in [0, 0.1) is 17.0 Å². The SMILES string of the molecule is CC(NC1CC(O)C1(C)C)c1c(F)cccc1F. The second kappa shape index (κ2) is 4.59. The predicted octanol–water partition coefficient (Wildman–Crippen LogP) is 2.77. The average molecular weight is 255 g/mol. The molecule has 4 heteroatoms. The van der Waals surface area contributed by atoms with Crippen LogP contribution in [0.15, 0.2) is 18.2 Å². The Hall–Kier alpha value is -1.00. The Morgan fingerprint density at radius 1 is 1.33 bits per heavy atom. The van der Waals surface area contributed by atoms with Crippen molar-refractivity contribution in [2.24, 2.45) is 5.41 Å². The van der Waals surface area contributed by atoms with Crippen molar-refractivity contribution >= 4 is 0 Å². The lowest BCUT2D eigenvalue weighted by atomic mass is 9.64. The molecule has 0 spiro atoms.